The number of aryl methyl sites for hydroxylation is 1. The molecule has 0 aliphatic rings. The highest BCUT2D eigenvalue weighted by Gasteiger charge is 2.18. The molecule has 0 bridgehead atoms. The highest BCUT2D eigenvalue weighted by Crippen LogP contribution is 2.19. The van der Waals surface area contributed by atoms with Crippen molar-refractivity contribution in [2.75, 3.05) is 20.6 Å². The van der Waals surface area contributed by atoms with Crippen LogP contribution in [0.3, 0.4) is 0 Å². The predicted molar refractivity (Wildman–Crippen MR) is 101 cm³/mol. The van der Waals surface area contributed by atoms with E-state index in [0.717, 1.165) is 17.3 Å². The van der Waals surface area contributed by atoms with Crippen LogP contribution in [0, 0.1) is 0 Å². The van der Waals surface area contributed by atoms with Crippen LogP contribution in [0.2, 0.25) is 0 Å². The maximum Gasteiger partial charge on any atom is 0.272 e. The second kappa shape index (κ2) is 7.49. The topological polar surface area (TPSA) is 61.0 Å². The summed E-state index contributed by atoms with van der Waals surface area (Å²) in [6.45, 7) is 2.67. The van der Waals surface area contributed by atoms with Gasteiger partial charge in [-0.25, -0.2) is 0 Å². The fourth-order valence-electron chi connectivity index (χ4n) is 2.98. The number of nitrogens with one attached hydrogen (secondary N) is 2. The summed E-state index contributed by atoms with van der Waals surface area (Å²) < 4.78 is 0. The molecule has 130 valence electrons. The molecule has 2 N–H and O–H groups in total. The number of fused-ring (bicyclic) bond motifs is 1. The molecular formula is C20H24N4O. The quantitative estimate of drug-likeness (QED) is 0.727. The second-order valence-corrected chi connectivity index (χ2v) is 6.40. The minimum atomic E-state index is -0.158. The Morgan fingerprint density at radius 1 is 1.16 bits per heavy atom. The zero-order chi connectivity index (χ0) is 17.8. The lowest BCUT2D eigenvalue weighted by Gasteiger charge is -2.25. The Hall–Kier alpha value is -2.66. The van der Waals surface area contributed by atoms with Gasteiger partial charge in [-0.1, -0.05) is 49.4 Å². The lowest BCUT2D eigenvalue weighted by Crippen LogP contribution is -2.34. The van der Waals surface area contributed by atoms with Crippen molar-refractivity contribution >= 4 is 16.8 Å². The van der Waals surface area contributed by atoms with Gasteiger partial charge in [0.2, 0.25) is 0 Å². The van der Waals surface area contributed by atoms with Gasteiger partial charge in [0.05, 0.1) is 11.6 Å². The SMILES string of the molecule is CCc1ccc(C(CNC(=O)c2n[nH]c3ccccc23)N(C)C)cc1. The summed E-state index contributed by atoms with van der Waals surface area (Å²) in [6, 6.07) is 16.3. The summed E-state index contributed by atoms with van der Waals surface area (Å²) in [5, 5.41) is 10.9. The first-order valence-electron chi connectivity index (χ1n) is 8.56. The Labute approximate surface area is 148 Å². The van der Waals surface area contributed by atoms with Gasteiger partial charge in [0.15, 0.2) is 5.69 Å². The van der Waals surface area contributed by atoms with Crippen LogP contribution in [0.1, 0.15) is 34.6 Å². The van der Waals surface area contributed by atoms with Crippen LogP contribution in [0.4, 0.5) is 0 Å². The minimum absolute atomic E-state index is 0.111. The van der Waals surface area contributed by atoms with E-state index in [1.165, 1.54) is 11.1 Å². The summed E-state index contributed by atoms with van der Waals surface area (Å²) in [5.74, 6) is -0.158. The number of likely N-dealkylation sites (N-methyl/N-ethyl adjacent to an activating group) is 1. The van der Waals surface area contributed by atoms with E-state index in [1.54, 1.807) is 0 Å². The third-order valence-electron chi connectivity index (χ3n) is 4.54. The van der Waals surface area contributed by atoms with Crippen LogP contribution in [-0.4, -0.2) is 41.6 Å². The van der Waals surface area contributed by atoms with E-state index in [0.29, 0.717) is 12.2 Å². The molecule has 5 nitrogen and oxygen atoms in total. The fourth-order valence-corrected chi connectivity index (χ4v) is 2.98. The van der Waals surface area contributed by atoms with Gasteiger partial charge < -0.3 is 10.2 Å². The van der Waals surface area contributed by atoms with Gasteiger partial charge in [-0.3, -0.25) is 9.89 Å². The van der Waals surface area contributed by atoms with Crippen LogP contribution in [0.15, 0.2) is 48.5 Å². The summed E-state index contributed by atoms with van der Waals surface area (Å²) >= 11 is 0. The number of nitrogens with zero attached hydrogens (tertiary/aromatic N) is 2. The van der Waals surface area contributed by atoms with E-state index >= 15 is 0 Å². The zero-order valence-electron chi connectivity index (χ0n) is 14.9. The highest BCUT2D eigenvalue weighted by atomic mass is 16.1. The van der Waals surface area contributed by atoms with E-state index < -0.39 is 0 Å². The van der Waals surface area contributed by atoms with Gasteiger partial charge in [0, 0.05) is 11.9 Å². The van der Waals surface area contributed by atoms with Gasteiger partial charge in [-0.05, 0) is 37.7 Å². The number of hydrogen-bond donors (Lipinski definition) is 2. The fraction of sp³-hybridized carbons (Fsp3) is 0.300. The Bertz CT molecular complexity index is 852. The molecule has 5 heteroatoms. The van der Waals surface area contributed by atoms with E-state index in [1.807, 2.05) is 38.4 Å². The third-order valence-corrected chi connectivity index (χ3v) is 4.54. The molecule has 1 amide bonds. The summed E-state index contributed by atoms with van der Waals surface area (Å²) in [4.78, 5) is 14.7. The molecule has 1 aromatic heterocycles. The molecule has 0 spiro atoms. The number of para-hydroxylation sites is 1. The molecule has 3 rings (SSSR count). The Morgan fingerprint density at radius 2 is 1.88 bits per heavy atom. The lowest BCUT2D eigenvalue weighted by atomic mass is 10.0. The molecule has 0 saturated carbocycles. The third kappa shape index (κ3) is 3.72. The first-order valence-corrected chi connectivity index (χ1v) is 8.56. The van der Waals surface area contributed by atoms with Crippen LogP contribution >= 0.6 is 0 Å². The average molecular weight is 336 g/mol. The van der Waals surface area contributed by atoms with Crippen LogP contribution < -0.4 is 5.32 Å². The molecule has 1 unspecified atom stereocenters. The van der Waals surface area contributed by atoms with Crippen LogP contribution in [0.5, 0.6) is 0 Å². The number of amides is 1. The number of carbonyl (C=O) groups is 1. The van der Waals surface area contributed by atoms with Crippen molar-refractivity contribution in [2.24, 2.45) is 0 Å². The van der Waals surface area contributed by atoms with Crippen molar-refractivity contribution in [2.45, 2.75) is 19.4 Å². The molecule has 2 aromatic carbocycles. The summed E-state index contributed by atoms with van der Waals surface area (Å²) in [7, 11) is 4.04. The number of rotatable bonds is 6. The van der Waals surface area contributed by atoms with Gasteiger partial charge in [0.1, 0.15) is 0 Å². The molecule has 0 saturated heterocycles. The van der Waals surface area contributed by atoms with Gasteiger partial charge in [-0.15, -0.1) is 0 Å². The molecular weight excluding hydrogens is 312 g/mol. The van der Waals surface area contributed by atoms with Crippen LogP contribution in [-0.2, 0) is 6.42 Å². The van der Waals surface area contributed by atoms with Gasteiger partial charge in [0.25, 0.3) is 5.91 Å². The molecule has 0 fully saturated rings. The Balaban J connectivity index is 1.73. The van der Waals surface area contributed by atoms with Crippen molar-refractivity contribution < 1.29 is 4.79 Å². The maximum atomic E-state index is 12.6. The largest absolute Gasteiger partial charge is 0.349 e. The molecule has 25 heavy (non-hydrogen) atoms. The number of carbonyl (C=O) groups excluding carboxylic acids is 1. The number of hydrogen-bond acceptors (Lipinski definition) is 3. The molecule has 0 aliphatic heterocycles. The predicted octanol–water partition coefficient (Wildman–Crippen LogP) is 3.16. The van der Waals surface area contributed by atoms with Crippen molar-refractivity contribution in [3.8, 4) is 0 Å². The van der Waals surface area contributed by atoms with E-state index in [4.69, 9.17) is 0 Å². The van der Waals surface area contributed by atoms with Crippen LogP contribution in [0.25, 0.3) is 10.9 Å². The normalized spacial score (nSPS) is 12.5. The lowest BCUT2D eigenvalue weighted by molar-refractivity contribution is 0.0938. The zero-order valence-corrected chi connectivity index (χ0v) is 14.9. The van der Waals surface area contributed by atoms with Gasteiger partial charge >= 0.3 is 0 Å². The highest BCUT2D eigenvalue weighted by molar-refractivity contribution is 6.04. The van der Waals surface area contributed by atoms with Crippen molar-refractivity contribution in [1.82, 2.24) is 20.4 Å². The molecule has 1 heterocycles. The second-order valence-electron chi connectivity index (χ2n) is 6.40. The summed E-state index contributed by atoms with van der Waals surface area (Å²) in [5.41, 5.74) is 3.81. The molecule has 1 atom stereocenters. The first-order chi connectivity index (χ1) is 12.1. The number of H-pyrrole nitrogens is 1. The number of aromatic amines is 1. The summed E-state index contributed by atoms with van der Waals surface area (Å²) in [6.07, 6.45) is 1.02. The Morgan fingerprint density at radius 3 is 2.56 bits per heavy atom. The molecule has 0 aliphatic carbocycles. The standard InChI is InChI=1S/C20H24N4O/c1-4-14-9-11-15(12-10-14)18(24(2)3)13-21-20(25)19-16-7-5-6-8-17(16)22-23-19/h5-12,18H,4,13H2,1-3H3,(H,21,25)(H,22,23). The van der Waals surface area contributed by atoms with Crippen molar-refractivity contribution in [3.63, 3.8) is 0 Å². The van der Waals surface area contributed by atoms with E-state index in [-0.39, 0.29) is 11.9 Å². The number of aromatic nitrogens is 2. The molecule has 3 aromatic rings. The minimum Gasteiger partial charge on any atom is -0.349 e. The Kier molecular flexibility index (Phi) is 5.14. The molecule has 0 radical (unpaired) electrons. The maximum absolute atomic E-state index is 12.6. The van der Waals surface area contributed by atoms with E-state index in [9.17, 15) is 4.79 Å². The first kappa shape index (κ1) is 17.2. The van der Waals surface area contributed by atoms with Gasteiger partial charge in [-0.2, -0.15) is 5.10 Å². The number of benzene rings is 2. The average Bonchev–Trinajstić information content (AvgIpc) is 3.06. The smallest absolute Gasteiger partial charge is 0.272 e. The van der Waals surface area contributed by atoms with E-state index in [2.05, 4.69) is 51.6 Å². The van der Waals surface area contributed by atoms with Crippen molar-refractivity contribution in [3.05, 3.63) is 65.4 Å². The monoisotopic (exact) mass is 336 g/mol. The van der Waals surface area contributed by atoms with Crippen molar-refractivity contribution in [1.29, 1.82) is 0 Å².